The lowest BCUT2D eigenvalue weighted by atomic mass is 10.1. The fourth-order valence-electron chi connectivity index (χ4n) is 1.77. The first-order valence-electron chi connectivity index (χ1n) is 5.48. The summed E-state index contributed by atoms with van der Waals surface area (Å²) in [6.45, 7) is 0.448. The molecule has 1 fully saturated rings. The van der Waals surface area contributed by atoms with Crippen molar-refractivity contribution in [3.8, 4) is 0 Å². The van der Waals surface area contributed by atoms with Crippen LogP contribution in [0, 0.1) is 5.92 Å². The molecule has 5 heteroatoms. The number of carboxylic acids is 1. The first-order chi connectivity index (χ1) is 8.08. The van der Waals surface area contributed by atoms with E-state index in [1.54, 1.807) is 12.1 Å². The number of hydrogen-bond donors (Lipinski definition) is 2. The highest BCUT2D eigenvalue weighted by molar-refractivity contribution is 6.35. The van der Waals surface area contributed by atoms with Crippen LogP contribution in [0.3, 0.4) is 0 Å². The molecule has 1 aromatic rings. The van der Waals surface area contributed by atoms with E-state index in [-0.39, 0.29) is 5.92 Å². The summed E-state index contributed by atoms with van der Waals surface area (Å²) in [5.41, 5.74) is 0.864. The van der Waals surface area contributed by atoms with Gasteiger partial charge < -0.3 is 10.4 Å². The lowest BCUT2D eigenvalue weighted by molar-refractivity contribution is -0.140. The topological polar surface area (TPSA) is 49.3 Å². The minimum Gasteiger partial charge on any atom is -0.480 e. The highest BCUT2D eigenvalue weighted by atomic mass is 35.5. The minimum atomic E-state index is -0.794. The third-order valence-corrected chi connectivity index (χ3v) is 3.47. The third-order valence-electron chi connectivity index (χ3n) is 2.89. The standard InChI is InChI=1S/C12H13Cl2NO2/c13-9-4-3-8(10(14)5-9)6-15-11(12(16)17)7-1-2-7/h3-5,7,11,15H,1-2,6H2,(H,16,17). The molecule has 0 heterocycles. The van der Waals surface area contributed by atoms with E-state index >= 15 is 0 Å². The predicted molar refractivity (Wildman–Crippen MR) is 67.4 cm³/mol. The van der Waals surface area contributed by atoms with E-state index in [0.717, 1.165) is 18.4 Å². The molecular weight excluding hydrogens is 261 g/mol. The number of halogens is 2. The third kappa shape index (κ3) is 3.35. The summed E-state index contributed by atoms with van der Waals surface area (Å²) in [4.78, 5) is 11.0. The van der Waals surface area contributed by atoms with Gasteiger partial charge in [0.05, 0.1) is 0 Å². The molecule has 0 bridgehead atoms. The van der Waals surface area contributed by atoms with E-state index in [0.29, 0.717) is 16.6 Å². The normalized spacial score (nSPS) is 16.8. The molecule has 1 aliphatic carbocycles. The number of benzene rings is 1. The number of aliphatic carboxylic acids is 1. The molecule has 0 saturated heterocycles. The van der Waals surface area contributed by atoms with Gasteiger partial charge in [-0.2, -0.15) is 0 Å². The molecule has 1 aromatic carbocycles. The maximum Gasteiger partial charge on any atom is 0.320 e. The molecule has 0 radical (unpaired) electrons. The Morgan fingerprint density at radius 3 is 2.71 bits per heavy atom. The molecule has 1 unspecified atom stereocenters. The van der Waals surface area contributed by atoms with E-state index in [1.165, 1.54) is 0 Å². The van der Waals surface area contributed by atoms with Gasteiger partial charge in [-0.25, -0.2) is 0 Å². The molecule has 92 valence electrons. The highest BCUT2D eigenvalue weighted by Gasteiger charge is 2.35. The van der Waals surface area contributed by atoms with Crippen LogP contribution in [0.1, 0.15) is 18.4 Å². The van der Waals surface area contributed by atoms with Gasteiger partial charge in [-0.05, 0) is 36.5 Å². The van der Waals surface area contributed by atoms with Crippen molar-refractivity contribution in [1.82, 2.24) is 5.32 Å². The number of carbonyl (C=O) groups is 1. The Hall–Kier alpha value is -0.770. The molecule has 2 N–H and O–H groups in total. The van der Waals surface area contributed by atoms with Gasteiger partial charge in [0.2, 0.25) is 0 Å². The van der Waals surface area contributed by atoms with Crippen LogP contribution < -0.4 is 5.32 Å². The molecule has 0 amide bonds. The summed E-state index contributed by atoms with van der Waals surface area (Å²) in [6.07, 6.45) is 1.97. The summed E-state index contributed by atoms with van der Waals surface area (Å²) >= 11 is 11.8. The van der Waals surface area contributed by atoms with E-state index in [4.69, 9.17) is 28.3 Å². The van der Waals surface area contributed by atoms with Crippen molar-refractivity contribution < 1.29 is 9.90 Å². The van der Waals surface area contributed by atoms with Gasteiger partial charge >= 0.3 is 5.97 Å². The van der Waals surface area contributed by atoms with E-state index in [9.17, 15) is 4.79 Å². The van der Waals surface area contributed by atoms with Crippen LogP contribution in [-0.2, 0) is 11.3 Å². The summed E-state index contributed by atoms with van der Waals surface area (Å²) in [6, 6.07) is 4.75. The fourth-order valence-corrected chi connectivity index (χ4v) is 2.25. The van der Waals surface area contributed by atoms with Crippen molar-refractivity contribution in [3.05, 3.63) is 33.8 Å². The smallest absolute Gasteiger partial charge is 0.320 e. The Labute approximate surface area is 110 Å². The van der Waals surface area contributed by atoms with Crippen molar-refractivity contribution in [2.45, 2.75) is 25.4 Å². The van der Waals surface area contributed by atoms with Crippen molar-refractivity contribution in [2.24, 2.45) is 5.92 Å². The number of nitrogens with one attached hydrogen (secondary N) is 1. The number of hydrogen-bond acceptors (Lipinski definition) is 2. The Morgan fingerprint density at radius 2 is 2.18 bits per heavy atom. The molecule has 17 heavy (non-hydrogen) atoms. The zero-order valence-corrected chi connectivity index (χ0v) is 10.6. The van der Waals surface area contributed by atoms with Crippen molar-refractivity contribution >= 4 is 29.2 Å². The molecular formula is C12H13Cl2NO2. The Bertz CT molecular complexity index is 433. The lowest BCUT2D eigenvalue weighted by Crippen LogP contribution is -2.38. The summed E-state index contributed by atoms with van der Waals surface area (Å²) in [5.74, 6) is -0.531. The van der Waals surface area contributed by atoms with Crippen molar-refractivity contribution in [3.63, 3.8) is 0 Å². The van der Waals surface area contributed by atoms with Gasteiger partial charge in [-0.3, -0.25) is 4.79 Å². The van der Waals surface area contributed by atoms with E-state index in [1.807, 2.05) is 6.07 Å². The first kappa shape index (κ1) is 12.7. The van der Waals surface area contributed by atoms with Gasteiger partial charge in [0.15, 0.2) is 0 Å². The molecule has 1 aliphatic rings. The predicted octanol–water partition coefficient (Wildman–Crippen LogP) is 2.95. The van der Waals surface area contributed by atoms with Gasteiger partial charge in [-0.1, -0.05) is 29.3 Å². The van der Waals surface area contributed by atoms with Gasteiger partial charge in [0.1, 0.15) is 6.04 Å². The van der Waals surface area contributed by atoms with Crippen LogP contribution in [0.15, 0.2) is 18.2 Å². The fraction of sp³-hybridized carbons (Fsp3) is 0.417. The van der Waals surface area contributed by atoms with Gasteiger partial charge in [-0.15, -0.1) is 0 Å². The number of carboxylic acid groups (broad SMARTS) is 1. The Balaban J connectivity index is 1.98. The quantitative estimate of drug-likeness (QED) is 0.867. The number of rotatable bonds is 5. The van der Waals surface area contributed by atoms with Crippen LogP contribution in [0.4, 0.5) is 0 Å². The Kier molecular flexibility index (Phi) is 3.92. The molecule has 0 aromatic heterocycles. The maximum absolute atomic E-state index is 11.0. The summed E-state index contributed by atoms with van der Waals surface area (Å²) in [7, 11) is 0. The second-order valence-corrected chi connectivity index (χ2v) is 5.11. The van der Waals surface area contributed by atoms with Crippen LogP contribution >= 0.6 is 23.2 Å². The molecule has 1 atom stereocenters. The lowest BCUT2D eigenvalue weighted by Gasteiger charge is -2.14. The van der Waals surface area contributed by atoms with Crippen LogP contribution in [0.5, 0.6) is 0 Å². The zero-order valence-electron chi connectivity index (χ0n) is 9.12. The average molecular weight is 274 g/mol. The SMILES string of the molecule is O=C(O)C(NCc1ccc(Cl)cc1Cl)C1CC1. The maximum atomic E-state index is 11.0. The Morgan fingerprint density at radius 1 is 1.47 bits per heavy atom. The molecule has 1 saturated carbocycles. The summed E-state index contributed by atoms with van der Waals surface area (Å²) < 4.78 is 0. The molecule has 0 aliphatic heterocycles. The summed E-state index contributed by atoms with van der Waals surface area (Å²) in [5, 5.41) is 13.2. The van der Waals surface area contributed by atoms with Gasteiger partial charge in [0, 0.05) is 16.6 Å². The minimum absolute atomic E-state index is 0.263. The second-order valence-electron chi connectivity index (χ2n) is 4.27. The average Bonchev–Trinajstić information content (AvgIpc) is 3.05. The highest BCUT2D eigenvalue weighted by Crippen LogP contribution is 2.33. The van der Waals surface area contributed by atoms with Crippen LogP contribution in [-0.4, -0.2) is 17.1 Å². The molecule has 2 rings (SSSR count). The van der Waals surface area contributed by atoms with Gasteiger partial charge in [0.25, 0.3) is 0 Å². The monoisotopic (exact) mass is 273 g/mol. The van der Waals surface area contributed by atoms with Crippen molar-refractivity contribution in [1.29, 1.82) is 0 Å². The van der Waals surface area contributed by atoms with Crippen LogP contribution in [0.2, 0.25) is 10.0 Å². The largest absolute Gasteiger partial charge is 0.480 e. The van der Waals surface area contributed by atoms with Crippen molar-refractivity contribution in [2.75, 3.05) is 0 Å². The van der Waals surface area contributed by atoms with Crippen LogP contribution in [0.25, 0.3) is 0 Å². The molecule has 0 spiro atoms. The van der Waals surface area contributed by atoms with E-state index in [2.05, 4.69) is 5.32 Å². The first-order valence-corrected chi connectivity index (χ1v) is 6.23. The zero-order chi connectivity index (χ0) is 12.4. The molecule has 3 nitrogen and oxygen atoms in total. The second kappa shape index (κ2) is 5.25. The van der Waals surface area contributed by atoms with E-state index < -0.39 is 12.0 Å².